The number of hydrogen-bond acceptors (Lipinski definition) is 0. The van der Waals surface area contributed by atoms with Gasteiger partial charge in [-0.2, -0.15) is 0 Å². The van der Waals surface area contributed by atoms with Crippen LogP contribution >= 0.6 is 23.2 Å². The van der Waals surface area contributed by atoms with Crippen LogP contribution in [0.2, 0.25) is 10.0 Å². The van der Waals surface area contributed by atoms with Crippen molar-refractivity contribution < 1.29 is 0 Å². The van der Waals surface area contributed by atoms with Gasteiger partial charge < -0.3 is 0 Å². The molecule has 0 amide bonds. The third kappa shape index (κ3) is 1.77. The molecule has 0 radical (unpaired) electrons. The van der Waals surface area contributed by atoms with Gasteiger partial charge in [-0.1, -0.05) is 59.6 Å². The molecule has 2 aromatic carbocycles. The fourth-order valence-electron chi connectivity index (χ4n) is 2.52. The molecule has 0 spiro atoms. The van der Waals surface area contributed by atoms with Gasteiger partial charge in [-0.25, -0.2) is 0 Å². The highest BCUT2D eigenvalue weighted by Crippen LogP contribution is 2.57. The van der Waals surface area contributed by atoms with E-state index in [1.54, 1.807) is 0 Å². The van der Waals surface area contributed by atoms with Crippen molar-refractivity contribution in [2.75, 3.05) is 0 Å². The topological polar surface area (TPSA) is 0 Å². The van der Waals surface area contributed by atoms with Crippen molar-refractivity contribution in [3.05, 3.63) is 81.9 Å². The normalized spacial score (nSPS) is 16.7. The summed E-state index contributed by atoms with van der Waals surface area (Å²) in [5, 5.41) is 1.52. The molecule has 0 heterocycles. The lowest BCUT2D eigenvalue weighted by Gasteiger charge is -2.16. The van der Waals surface area contributed by atoms with E-state index in [1.165, 1.54) is 16.7 Å². The van der Waals surface area contributed by atoms with Crippen molar-refractivity contribution in [2.24, 2.45) is 0 Å². The van der Waals surface area contributed by atoms with Crippen molar-refractivity contribution >= 4 is 23.2 Å². The van der Waals surface area contributed by atoms with Gasteiger partial charge >= 0.3 is 0 Å². The number of hydrogen-bond donors (Lipinski definition) is 0. The van der Waals surface area contributed by atoms with Crippen LogP contribution in [0.3, 0.4) is 0 Å². The van der Waals surface area contributed by atoms with Crippen LogP contribution < -0.4 is 0 Å². The van der Waals surface area contributed by atoms with Gasteiger partial charge in [-0.3, -0.25) is 0 Å². The maximum absolute atomic E-state index is 5.95. The van der Waals surface area contributed by atoms with Crippen LogP contribution in [0, 0.1) is 0 Å². The van der Waals surface area contributed by atoms with E-state index < -0.39 is 0 Å². The maximum Gasteiger partial charge on any atom is 0.0446 e. The fraction of sp³-hybridized carbons (Fsp3) is 0.125. The molecule has 0 bridgehead atoms. The minimum absolute atomic E-state index is 0.0326. The van der Waals surface area contributed by atoms with Crippen molar-refractivity contribution in [2.45, 2.75) is 11.8 Å². The first-order valence-electron chi connectivity index (χ1n) is 5.83. The Morgan fingerprint density at radius 3 is 1.39 bits per heavy atom. The summed E-state index contributed by atoms with van der Waals surface area (Å²) in [5.41, 5.74) is 3.71. The Morgan fingerprint density at radius 2 is 1.11 bits per heavy atom. The smallest absolute Gasteiger partial charge is 0.0446 e. The fourth-order valence-corrected chi connectivity index (χ4v) is 2.78. The van der Waals surface area contributed by atoms with Gasteiger partial charge in [-0.15, -0.1) is 0 Å². The van der Waals surface area contributed by atoms with Gasteiger partial charge in [0, 0.05) is 15.5 Å². The lowest BCUT2D eigenvalue weighted by Crippen LogP contribution is -2.08. The van der Waals surface area contributed by atoms with E-state index in [0.717, 1.165) is 16.5 Å². The molecule has 0 saturated heterocycles. The second-order valence-electron chi connectivity index (χ2n) is 4.70. The zero-order valence-electron chi connectivity index (χ0n) is 9.79. The van der Waals surface area contributed by atoms with E-state index in [-0.39, 0.29) is 5.41 Å². The molecule has 0 unspecified atom stereocenters. The molecule has 0 nitrogen and oxygen atoms in total. The third-order valence-corrected chi connectivity index (χ3v) is 4.14. The van der Waals surface area contributed by atoms with E-state index in [9.17, 15) is 0 Å². The van der Waals surface area contributed by atoms with Gasteiger partial charge in [0.2, 0.25) is 0 Å². The molecule has 2 aromatic rings. The van der Waals surface area contributed by atoms with Crippen LogP contribution in [0.5, 0.6) is 0 Å². The Bertz CT molecular complexity index is 548. The Hall–Kier alpha value is -1.24. The number of rotatable bonds is 2. The summed E-state index contributed by atoms with van der Waals surface area (Å²) >= 11 is 11.9. The molecule has 0 N–H and O–H groups in total. The molecule has 90 valence electrons. The number of benzene rings is 2. The predicted molar refractivity (Wildman–Crippen MR) is 77.4 cm³/mol. The molecule has 1 aliphatic rings. The van der Waals surface area contributed by atoms with E-state index in [2.05, 4.69) is 30.8 Å². The Balaban J connectivity index is 2.08. The summed E-state index contributed by atoms with van der Waals surface area (Å²) < 4.78 is 0. The van der Waals surface area contributed by atoms with Gasteiger partial charge in [0.1, 0.15) is 0 Å². The van der Waals surface area contributed by atoms with Crippen molar-refractivity contribution in [3.63, 3.8) is 0 Å². The molecule has 0 atom stereocenters. The summed E-state index contributed by atoms with van der Waals surface area (Å²) in [6, 6.07) is 16.0. The highest BCUT2D eigenvalue weighted by molar-refractivity contribution is 6.30. The SMILES string of the molecule is C=C1CC1(c1ccc(Cl)cc1)c1ccc(Cl)cc1. The molecule has 1 fully saturated rings. The van der Waals surface area contributed by atoms with Gasteiger partial charge in [0.05, 0.1) is 0 Å². The summed E-state index contributed by atoms with van der Waals surface area (Å²) in [6.45, 7) is 4.15. The zero-order chi connectivity index (χ0) is 12.8. The molecule has 18 heavy (non-hydrogen) atoms. The van der Waals surface area contributed by atoms with E-state index in [1.807, 2.05) is 24.3 Å². The average molecular weight is 275 g/mol. The first-order chi connectivity index (χ1) is 8.63. The Kier molecular flexibility index (Phi) is 2.73. The quantitative estimate of drug-likeness (QED) is 0.657. The summed E-state index contributed by atoms with van der Waals surface area (Å²) in [5.74, 6) is 0. The maximum atomic E-state index is 5.95. The first-order valence-corrected chi connectivity index (χ1v) is 6.59. The summed E-state index contributed by atoms with van der Waals surface area (Å²) in [7, 11) is 0. The highest BCUT2D eigenvalue weighted by Gasteiger charge is 2.49. The largest absolute Gasteiger partial charge is 0.0986 e. The minimum atomic E-state index is -0.0326. The Morgan fingerprint density at radius 1 is 0.778 bits per heavy atom. The first kappa shape index (κ1) is 11.8. The predicted octanol–water partition coefficient (Wildman–Crippen LogP) is 5.24. The van der Waals surface area contributed by atoms with Crippen LogP contribution in [0.15, 0.2) is 60.7 Å². The standard InChI is InChI=1S/C16H12Cl2/c1-11-10-16(11,12-2-6-14(17)7-3-12)13-4-8-15(18)9-5-13/h2-9H,1,10H2. The van der Waals surface area contributed by atoms with E-state index >= 15 is 0 Å². The van der Waals surface area contributed by atoms with Gasteiger partial charge in [-0.05, 0) is 41.8 Å². The van der Waals surface area contributed by atoms with Crippen LogP contribution in [-0.4, -0.2) is 0 Å². The van der Waals surface area contributed by atoms with Crippen molar-refractivity contribution in [1.82, 2.24) is 0 Å². The third-order valence-electron chi connectivity index (χ3n) is 3.63. The summed E-state index contributed by atoms with van der Waals surface area (Å²) in [6.07, 6.45) is 0.996. The molecular formula is C16H12Cl2. The molecule has 0 aromatic heterocycles. The van der Waals surface area contributed by atoms with Crippen LogP contribution in [0.4, 0.5) is 0 Å². The van der Waals surface area contributed by atoms with Crippen molar-refractivity contribution in [3.8, 4) is 0 Å². The molecular weight excluding hydrogens is 263 g/mol. The van der Waals surface area contributed by atoms with Crippen LogP contribution in [-0.2, 0) is 5.41 Å². The van der Waals surface area contributed by atoms with E-state index in [4.69, 9.17) is 23.2 Å². The monoisotopic (exact) mass is 274 g/mol. The molecule has 1 aliphatic carbocycles. The average Bonchev–Trinajstić information content (AvgIpc) is 3.04. The van der Waals surface area contributed by atoms with Gasteiger partial charge in [0.25, 0.3) is 0 Å². The van der Waals surface area contributed by atoms with Crippen LogP contribution in [0.1, 0.15) is 17.5 Å². The minimum Gasteiger partial charge on any atom is -0.0986 e. The van der Waals surface area contributed by atoms with E-state index in [0.29, 0.717) is 0 Å². The Labute approximate surface area is 117 Å². The lowest BCUT2D eigenvalue weighted by molar-refractivity contribution is 0.881. The van der Waals surface area contributed by atoms with Gasteiger partial charge in [0.15, 0.2) is 0 Å². The molecule has 2 heteroatoms. The van der Waals surface area contributed by atoms with Crippen LogP contribution in [0.25, 0.3) is 0 Å². The molecule has 1 saturated carbocycles. The highest BCUT2D eigenvalue weighted by atomic mass is 35.5. The second kappa shape index (κ2) is 4.15. The van der Waals surface area contributed by atoms with Crippen molar-refractivity contribution in [1.29, 1.82) is 0 Å². The molecule has 3 rings (SSSR count). The number of halogens is 2. The zero-order valence-corrected chi connectivity index (χ0v) is 11.3. The summed E-state index contributed by atoms with van der Waals surface area (Å²) in [4.78, 5) is 0. The number of allylic oxidation sites excluding steroid dienone is 1. The second-order valence-corrected chi connectivity index (χ2v) is 5.57. The lowest BCUT2D eigenvalue weighted by atomic mass is 9.87. The molecule has 0 aliphatic heterocycles.